The first-order chi connectivity index (χ1) is 5.72. The highest BCUT2D eigenvalue weighted by Gasteiger charge is 2.27. The van der Waals surface area contributed by atoms with Gasteiger partial charge in [-0.1, -0.05) is 27.7 Å². The first-order valence-corrected chi connectivity index (χ1v) is 5.70. The van der Waals surface area contributed by atoms with E-state index in [1.165, 1.54) is 0 Å². The summed E-state index contributed by atoms with van der Waals surface area (Å²) < 4.78 is 25.3. The smallest absolute Gasteiger partial charge is 0.207 e. The van der Waals surface area contributed by atoms with Crippen LogP contribution < -0.4 is 0 Å². The van der Waals surface area contributed by atoms with Gasteiger partial charge in [0.2, 0.25) is 5.92 Å². The molecule has 0 saturated carbocycles. The summed E-state index contributed by atoms with van der Waals surface area (Å²) in [5.41, 5.74) is 0. The van der Waals surface area contributed by atoms with Gasteiger partial charge in [0.15, 0.2) is 0 Å². The Hall–Kier alpha value is 0.210. The minimum atomic E-state index is -2.52. The maximum Gasteiger partial charge on any atom is 0.245 e. The molecule has 0 radical (unpaired) electrons. The van der Waals surface area contributed by atoms with E-state index >= 15 is 0 Å². The Bertz CT molecular complexity index is 140. The van der Waals surface area contributed by atoms with E-state index in [2.05, 4.69) is 13.8 Å². The van der Waals surface area contributed by atoms with Gasteiger partial charge in [-0.15, -0.1) is 0 Å². The molecule has 0 N–H and O–H groups in total. The van der Waals surface area contributed by atoms with E-state index < -0.39 is 5.92 Å². The Morgan fingerprint density at radius 2 is 1.62 bits per heavy atom. The molecule has 0 nitrogen and oxygen atoms in total. The average Bonchev–Trinajstić information content (AvgIpc) is 1.81. The van der Waals surface area contributed by atoms with Crippen LogP contribution in [0.2, 0.25) is 0 Å². The lowest BCUT2D eigenvalue weighted by molar-refractivity contribution is -0.00101. The van der Waals surface area contributed by atoms with E-state index in [0.29, 0.717) is 10.5 Å². The van der Waals surface area contributed by atoms with Crippen molar-refractivity contribution in [3.8, 4) is 0 Å². The molecule has 0 aliphatic rings. The van der Waals surface area contributed by atoms with Crippen LogP contribution in [0.25, 0.3) is 0 Å². The molecule has 2 atom stereocenters. The van der Waals surface area contributed by atoms with Gasteiger partial charge >= 0.3 is 0 Å². The van der Waals surface area contributed by atoms with Crippen LogP contribution >= 0.6 is 11.8 Å². The molecule has 0 aliphatic carbocycles. The molecule has 13 heavy (non-hydrogen) atoms. The summed E-state index contributed by atoms with van der Waals surface area (Å²) in [6, 6.07) is 0. The Labute approximate surface area is 84.5 Å². The van der Waals surface area contributed by atoms with Crippen molar-refractivity contribution >= 4 is 11.8 Å². The van der Waals surface area contributed by atoms with Crippen molar-refractivity contribution in [2.24, 2.45) is 5.92 Å². The molecular weight excluding hydrogens is 190 g/mol. The van der Waals surface area contributed by atoms with Gasteiger partial charge < -0.3 is 0 Å². The summed E-state index contributed by atoms with van der Waals surface area (Å²) >= 11 is 1.77. The van der Waals surface area contributed by atoms with Crippen molar-refractivity contribution in [1.29, 1.82) is 0 Å². The van der Waals surface area contributed by atoms with Gasteiger partial charge in [0.05, 0.1) is 0 Å². The zero-order chi connectivity index (χ0) is 10.6. The zero-order valence-electron chi connectivity index (χ0n) is 9.10. The van der Waals surface area contributed by atoms with Crippen molar-refractivity contribution < 1.29 is 8.78 Å². The zero-order valence-corrected chi connectivity index (χ0v) is 9.92. The van der Waals surface area contributed by atoms with Crippen molar-refractivity contribution in [1.82, 2.24) is 0 Å². The molecule has 0 aromatic rings. The first kappa shape index (κ1) is 13.2. The molecule has 80 valence electrons. The second kappa shape index (κ2) is 5.18. The van der Waals surface area contributed by atoms with Crippen LogP contribution in [-0.2, 0) is 0 Å². The molecule has 0 aromatic heterocycles. The standard InChI is InChI=1S/C10H20F2S/c1-7(2)13-9(4)8(3)6-10(5,11)12/h7-9H,6H2,1-5H3/t8-,9-/m1/s1. The van der Waals surface area contributed by atoms with Gasteiger partial charge in [0.1, 0.15) is 0 Å². The summed E-state index contributed by atoms with van der Waals surface area (Å²) in [5.74, 6) is -2.45. The number of halogens is 2. The van der Waals surface area contributed by atoms with Crippen LogP contribution in [0.5, 0.6) is 0 Å². The fourth-order valence-electron chi connectivity index (χ4n) is 1.29. The number of rotatable bonds is 5. The summed E-state index contributed by atoms with van der Waals surface area (Å²) in [4.78, 5) is 0. The summed E-state index contributed by atoms with van der Waals surface area (Å²) in [7, 11) is 0. The van der Waals surface area contributed by atoms with Crippen LogP contribution in [0.1, 0.15) is 41.0 Å². The predicted molar refractivity (Wildman–Crippen MR) is 56.6 cm³/mol. The topological polar surface area (TPSA) is 0 Å². The Morgan fingerprint density at radius 3 is 1.92 bits per heavy atom. The van der Waals surface area contributed by atoms with Gasteiger partial charge in [-0.3, -0.25) is 0 Å². The SMILES string of the molecule is CC(C)S[C@H](C)[C@H](C)CC(C)(F)F. The lowest BCUT2D eigenvalue weighted by Crippen LogP contribution is -2.21. The fourth-order valence-corrected chi connectivity index (χ4v) is 2.52. The molecular formula is C10H20F2S. The third-order valence-electron chi connectivity index (χ3n) is 1.97. The average molecular weight is 210 g/mol. The summed E-state index contributed by atoms with van der Waals surface area (Å²) in [6.45, 7) is 9.12. The first-order valence-electron chi connectivity index (χ1n) is 4.75. The van der Waals surface area contributed by atoms with E-state index in [4.69, 9.17) is 0 Å². The van der Waals surface area contributed by atoms with E-state index in [1.807, 2.05) is 13.8 Å². The van der Waals surface area contributed by atoms with E-state index in [9.17, 15) is 8.78 Å². The third-order valence-corrected chi connectivity index (χ3v) is 3.41. The highest BCUT2D eigenvalue weighted by Crippen LogP contribution is 2.31. The molecule has 0 aliphatic heterocycles. The van der Waals surface area contributed by atoms with Gasteiger partial charge in [0, 0.05) is 11.7 Å². The fraction of sp³-hybridized carbons (Fsp3) is 1.00. The molecule has 3 heteroatoms. The molecule has 0 amide bonds. The Kier molecular flexibility index (Phi) is 5.26. The molecule has 0 unspecified atom stereocenters. The molecule has 0 bridgehead atoms. The quantitative estimate of drug-likeness (QED) is 0.655. The van der Waals surface area contributed by atoms with Crippen LogP contribution in [0.4, 0.5) is 8.78 Å². The Morgan fingerprint density at radius 1 is 1.15 bits per heavy atom. The lowest BCUT2D eigenvalue weighted by Gasteiger charge is -2.23. The number of hydrogen-bond acceptors (Lipinski definition) is 1. The minimum Gasteiger partial charge on any atom is -0.207 e. The highest BCUT2D eigenvalue weighted by atomic mass is 32.2. The lowest BCUT2D eigenvalue weighted by atomic mass is 10.0. The van der Waals surface area contributed by atoms with Gasteiger partial charge in [-0.25, -0.2) is 8.78 Å². The minimum absolute atomic E-state index is 0.00606. The highest BCUT2D eigenvalue weighted by molar-refractivity contribution is 8.00. The molecule has 0 fully saturated rings. The van der Waals surface area contributed by atoms with Crippen molar-refractivity contribution in [3.63, 3.8) is 0 Å². The normalized spacial score (nSPS) is 17.5. The third kappa shape index (κ3) is 7.29. The van der Waals surface area contributed by atoms with Crippen LogP contribution in [-0.4, -0.2) is 16.4 Å². The van der Waals surface area contributed by atoms with Gasteiger partial charge in [-0.2, -0.15) is 11.8 Å². The van der Waals surface area contributed by atoms with Crippen LogP contribution in [0.3, 0.4) is 0 Å². The van der Waals surface area contributed by atoms with E-state index in [1.54, 1.807) is 11.8 Å². The monoisotopic (exact) mass is 210 g/mol. The molecule has 0 rings (SSSR count). The number of hydrogen-bond donors (Lipinski definition) is 0. The van der Waals surface area contributed by atoms with Gasteiger partial charge in [-0.05, 0) is 18.1 Å². The Balaban J connectivity index is 3.89. The van der Waals surface area contributed by atoms with Crippen LogP contribution in [0, 0.1) is 5.92 Å². The second-order valence-corrected chi connectivity index (χ2v) is 6.10. The summed E-state index contributed by atoms with van der Waals surface area (Å²) in [5, 5.41) is 0.828. The van der Waals surface area contributed by atoms with Crippen molar-refractivity contribution in [2.75, 3.05) is 0 Å². The van der Waals surface area contributed by atoms with Crippen LogP contribution in [0.15, 0.2) is 0 Å². The van der Waals surface area contributed by atoms with Gasteiger partial charge in [0.25, 0.3) is 0 Å². The van der Waals surface area contributed by atoms with Crippen molar-refractivity contribution in [3.05, 3.63) is 0 Å². The largest absolute Gasteiger partial charge is 0.245 e. The second-order valence-electron chi connectivity index (χ2n) is 4.14. The van der Waals surface area contributed by atoms with E-state index in [0.717, 1.165) is 6.92 Å². The number of alkyl halides is 2. The predicted octanol–water partition coefficient (Wildman–Crippen LogP) is 4.20. The molecule has 0 heterocycles. The maximum absolute atomic E-state index is 12.7. The molecule has 0 aromatic carbocycles. The number of thioether (sulfide) groups is 1. The maximum atomic E-state index is 12.7. The van der Waals surface area contributed by atoms with Crippen molar-refractivity contribution in [2.45, 2.75) is 57.5 Å². The molecule has 0 spiro atoms. The molecule has 0 saturated heterocycles. The van der Waals surface area contributed by atoms with E-state index in [-0.39, 0.29) is 12.3 Å². The summed E-state index contributed by atoms with van der Waals surface area (Å²) in [6.07, 6.45) is -0.00606.